The summed E-state index contributed by atoms with van der Waals surface area (Å²) in [7, 11) is 0. The minimum absolute atomic E-state index is 0.660. The van der Waals surface area contributed by atoms with Crippen LogP contribution in [0.5, 0.6) is 0 Å². The molecule has 2 aliphatic rings. The number of para-hydroxylation sites is 1. The van der Waals surface area contributed by atoms with Crippen LogP contribution in [0.3, 0.4) is 0 Å². The van der Waals surface area contributed by atoms with Gasteiger partial charge in [0, 0.05) is 49.5 Å². The minimum atomic E-state index is 0.660. The van der Waals surface area contributed by atoms with Crippen LogP contribution in [0.4, 0.5) is 5.82 Å². The Kier molecular flexibility index (Phi) is 5.58. The maximum Gasteiger partial charge on any atom is 0.186 e. The molecule has 6 nitrogen and oxygen atoms in total. The van der Waals surface area contributed by atoms with Gasteiger partial charge in [-0.15, -0.1) is 0 Å². The van der Waals surface area contributed by atoms with Crippen molar-refractivity contribution in [2.75, 3.05) is 31.1 Å². The molecule has 0 amide bonds. The van der Waals surface area contributed by atoms with Crippen molar-refractivity contribution in [2.45, 2.75) is 32.4 Å². The first kappa shape index (κ1) is 20.0. The van der Waals surface area contributed by atoms with E-state index in [0.29, 0.717) is 5.56 Å². The lowest BCUT2D eigenvalue weighted by Gasteiger charge is -2.35. The predicted molar refractivity (Wildman–Crippen MR) is 124 cm³/mol. The van der Waals surface area contributed by atoms with Crippen LogP contribution in [0.15, 0.2) is 48.7 Å². The van der Waals surface area contributed by atoms with Gasteiger partial charge in [0.15, 0.2) is 4.77 Å². The normalized spacial score (nSPS) is 16.7. The molecule has 1 fully saturated rings. The van der Waals surface area contributed by atoms with Gasteiger partial charge < -0.3 is 9.47 Å². The number of hydrogen-bond acceptors (Lipinski definition) is 5. The third-order valence-electron chi connectivity index (χ3n) is 6.35. The van der Waals surface area contributed by atoms with Crippen molar-refractivity contribution >= 4 is 18.0 Å². The number of rotatable bonds is 4. The fourth-order valence-corrected chi connectivity index (χ4v) is 5.11. The Bertz CT molecular complexity index is 1170. The maximum atomic E-state index is 9.15. The first-order valence-corrected chi connectivity index (χ1v) is 11.4. The molecule has 1 aliphatic heterocycles. The van der Waals surface area contributed by atoms with Crippen molar-refractivity contribution in [3.8, 4) is 11.8 Å². The molecule has 1 saturated heterocycles. The van der Waals surface area contributed by atoms with Crippen LogP contribution in [0.2, 0.25) is 0 Å². The first-order chi connectivity index (χ1) is 15.2. The van der Waals surface area contributed by atoms with E-state index in [-0.39, 0.29) is 0 Å². The molecule has 0 bridgehead atoms. The molecule has 1 aromatic carbocycles. The zero-order valence-corrected chi connectivity index (χ0v) is 18.4. The van der Waals surface area contributed by atoms with Crippen molar-refractivity contribution in [3.63, 3.8) is 0 Å². The van der Waals surface area contributed by atoms with Gasteiger partial charge in [0.1, 0.15) is 5.82 Å². The highest BCUT2D eigenvalue weighted by Gasteiger charge is 2.24. The highest BCUT2D eigenvalue weighted by atomic mass is 32.1. The molecule has 3 aromatic rings. The zero-order chi connectivity index (χ0) is 21.2. The third kappa shape index (κ3) is 3.89. The second-order valence-corrected chi connectivity index (χ2v) is 8.61. The van der Waals surface area contributed by atoms with Crippen LogP contribution in [0, 0.1) is 16.1 Å². The highest BCUT2D eigenvalue weighted by molar-refractivity contribution is 7.71. The Morgan fingerprint density at radius 1 is 0.968 bits per heavy atom. The second kappa shape index (κ2) is 8.66. The van der Waals surface area contributed by atoms with Gasteiger partial charge in [0.2, 0.25) is 0 Å². The average molecular weight is 431 g/mol. The summed E-state index contributed by atoms with van der Waals surface area (Å²) in [6, 6.07) is 16.3. The van der Waals surface area contributed by atoms with Crippen molar-refractivity contribution < 1.29 is 0 Å². The van der Waals surface area contributed by atoms with E-state index in [1.165, 1.54) is 24.2 Å². The molecule has 1 aliphatic carbocycles. The van der Waals surface area contributed by atoms with E-state index < -0.39 is 0 Å². The van der Waals surface area contributed by atoms with Gasteiger partial charge in [-0.05, 0) is 62.2 Å². The van der Waals surface area contributed by atoms with Crippen molar-refractivity contribution in [3.05, 3.63) is 70.4 Å². The van der Waals surface area contributed by atoms with Crippen molar-refractivity contribution in [1.29, 1.82) is 5.26 Å². The lowest BCUT2D eigenvalue weighted by atomic mass is 10.0. The molecule has 0 spiro atoms. The van der Waals surface area contributed by atoms with Crippen LogP contribution in [0.25, 0.3) is 5.69 Å². The van der Waals surface area contributed by atoms with E-state index in [0.717, 1.165) is 62.0 Å². The monoisotopic (exact) mass is 430 g/mol. The maximum absolute atomic E-state index is 9.15. The summed E-state index contributed by atoms with van der Waals surface area (Å²) in [4.78, 5) is 9.20. The summed E-state index contributed by atoms with van der Waals surface area (Å²) >= 11 is 5.99. The molecule has 7 heteroatoms. The fourth-order valence-electron chi connectivity index (χ4n) is 4.73. The molecule has 0 unspecified atom stereocenters. The number of anilines is 1. The number of nitrogens with zero attached hydrogens (tertiary/aromatic N) is 6. The van der Waals surface area contributed by atoms with Crippen LogP contribution in [-0.2, 0) is 19.5 Å². The topological polar surface area (TPSA) is 53.0 Å². The molecule has 2 aromatic heterocycles. The van der Waals surface area contributed by atoms with Crippen LogP contribution >= 0.6 is 12.2 Å². The van der Waals surface area contributed by atoms with E-state index in [4.69, 9.17) is 17.5 Å². The molecule has 5 rings (SSSR count). The summed E-state index contributed by atoms with van der Waals surface area (Å²) < 4.78 is 5.56. The summed E-state index contributed by atoms with van der Waals surface area (Å²) in [6.07, 6.45) is 6.37. The number of fused-ring (bicyclic) bond motifs is 1. The van der Waals surface area contributed by atoms with Crippen molar-refractivity contribution in [1.82, 2.24) is 19.0 Å². The van der Waals surface area contributed by atoms with Gasteiger partial charge in [0.05, 0.1) is 18.3 Å². The predicted octanol–water partition coefficient (Wildman–Crippen LogP) is 3.93. The molecule has 0 N–H and O–H groups in total. The first-order valence-electron chi connectivity index (χ1n) is 11.0. The number of pyridine rings is 1. The standard InChI is InChI=1S/C24H26N6S/c25-17-19-10-11-26-23(16-19)28-14-12-27(13-15-28)18-29-21-8-4-5-9-22(21)30(24(29)31)20-6-2-1-3-7-20/h1-3,6-7,10-11,16H,4-5,8-9,12-15,18H2. The number of nitriles is 1. The smallest absolute Gasteiger partial charge is 0.186 e. The van der Waals surface area contributed by atoms with Gasteiger partial charge >= 0.3 is 0 Å². The van der Waals surface area contributed by atoms with E-state index >= 15 is 0 Å². The quantitative estimate of drug-likeness (QED) is 0.587. The van der Waals surface area contributed by atoms with Gasteiger partial charge in [-0.1, -0.05) is 18.2 Å². The molecule has 0 atom stereocenters. The largest absolute Gasteiger partial charge is 0.354 e. The lowest BCUT2D eigenvalue weighted by Crippen LogP contribution is -2.47. The van der Waals surface area contributed by atoms with Gasteiger partial charge in [-0.2, -0.15) is 5.26 Å². The van der Waals surface area contributed by atoms with Crippen LogP contribution in [-0.4, -0.2) is 45.2 Å². The summed E-state index contributed by atoms with van der Waals surface area (Å²) in [5.41, 5.74) is 4.62. The Hall–Kier alpha value is -2.95. The highest BCUT2D eigenvalue weighted by Crippen LogP contribution is 2.27. The molecule has 0 radical (unpaired) electrons. The third-order valence-corrected chi connectivity index (χ3v) is 6.76. The molecular weight excluding hydrogens is 404 g/mol. The molecule has 3 heterocycles. The Morgan fingerprint density at radius 3 is 2.45 bits per heavy atom. The summed E-state index contributed by atoms with van der Waals surface area (Å²) in [5, 5.41) is 9.15. The van der Waals surface area contributed by atoms with E-state index in [1.54, 1.807) is 12.3 Å². The number of aromatic nitrogens is 3. The summed E-state index contributed by atoms with van der Waals surface area (Å²) in [5.74, 6) is 0.892. The fraction of sp³-hybridized carbons (Fsp3) is 0.375. The Labute approximate surface area is 188 Å². The van der Waals surface area contributed by atoms with Crippen LogP contribution < -0.4 is 4.90 Å². The minimum Gasteiger partial charge on any atom is -0.354 e. The number of imidazole rings is 1. The van der Waals surface area contributed by atoms with Crippen molar-refractivity contribution in [2.24, 2.45) is 0 Å². The van der Waals surface area contributed by atoms with E-state index in [9.17, 15) is 0 Å². The van der Waals surface area contributed by atoms with Gasteiger partial charge in [-0.3, -0.25) is 9.47 Å². The Balaban J connectivity index is 1.36. The Morgan fingerprint density at radius 2 is 1.71 bits per heavy atom. The second-order valence-electron chi connectivity index (χ2n) is 8.24. The number of benzene rings is 1. The molecule has 0 saturated carbocycles. The molecule has 31 heavy (non-hydrogen) atoms. The molecule has 158 valence electrons. The van der Waals surface area contributed by atoms with Gasteiger partial charge in [0.25, 0.3) is 0 Å². The van der Waals surface area contributed by atoms with Gasteiger partial charge in [-0.25, -0.2) is 4.98 Å². The van der Waals surface area contributed by atoms with Crippen LogP contribution in [0.1, 0.15) is 29.8 Å². The van der Waals surface area contributed by atoms with E-state index in [1.807, 2.05) is 6.07 Å². The summed E-state index contributed by atoms with van der Waals surface area (Å²) in [6.45, 7) is 4.53. The molecular formula is C24H26N6S. The number of piperazine rings is 1. The SMILES string of the molecule is N#Cc1ccnc(N2CCN(Cn3c4c(n(-c5ccccc5)c3=S)CCCC4)CC2)c1. The van der Waals surface area contributed by atoms with E-state index in [2.05, 4.69) is 60.3 Å². The average Bonchev–Trinajstić information content (AvgIpc) is 3.11. The lowest BCUT2D eigenvalue weighted by molar-refractivity contribution is 0.201. The number of hydrogen-bond donors (Lipinski definition) is 0. The zero-order valence-electron chi connectivity index (χ0n) is 17.6.